The third-order valence-corrected chi connectivity index (χ3v) is 3.38. The number of nitrogens with one attached hydrogen (secondary N) is 3. The maximum absolute atomic E-state index is 12.4. The molecular formula is C19H17N5O2. The minimum atomic E-state index is -0.331. The predicted molar refractivity (Wildman–Crippen MR) is 101 cm³/mol. The largest absolute Gasteiger partial charge is 0.326 e. The van der Waals surface area contributed by atoms with Gasteiger partial charge in [0.05, 0.1) is 0 Å². The van der Waals surface area contributed by atoms with Crippen molar-refractivity contribution in [2.75, 3.05) is 5.32 Å². The van der Waals surface area contributed by atoms with Crippen LogP contribution in [0.1, 0.15) is 16.1 Å². The Labute approximate surface area is 149 Å². The van der Waals surface area contributed by atoms with E-state index >= 15 is 0 Å². The molecule has 0 fully saturated rings. The van der Waals surface area contributed by atoms with Gasteiger partial charge in [-0.15, -0.1) is 0 Å². The van der Waals surface area contributed by atoms with Gasteiger partial charge in [-0.25, -0.2) is 4.98 Å². The Morgan fingerprint density at radius 2 is 1.69 bits per heavy atom. The topological polar surface area (TPSA) is 99.2 Å². The average Bonchev–Trinajstić information content (AvgIpc) is 2.62. The van der Waals surface area contributed by atoms with Gasteiger partial charge in [0.15, 0.2) is 0 Å². The molecule has 3 aromatic rings. The van der Waals surface area contributed by atoms with Gasteiger partial charge >= 0.3 is 0 Å². The molecule has 0 saturated carbocycles. The molecule has 3 rings (SSSR count). The first-order valence-electron chi connectivity index (χ1n) is 7.95. The SMILES string of the molecule is Cc1cc(=O)[nH]c(N=C(NC(=O)c2ccccc2)Nc2ccccc2)n1. The van der Waals surface area contributed by atoms with Crippen LogP contribution in [-0.4, -0.2) is 21.8 Å². The van der Waals surface area contributed by atoms with Crippen molar-refractivity contribution in [3.63, 3.8) is 0 Å². The summed E-state index contributed by atoms with van der Waals surface area (Å²) in [6.45, 7) is 1.70. The second-order valence-electron chi connectivity index (χ2n) is 5.48. The smallest absolute Gasteiger partial charge is 0.257 e. The molecule has 1 heterocycles. The standard InChI is InChI=1S/C19H17N5O2/c1-13-12-16(25)22-18(20-13)24-19(21-15-10-6-3-7-11-15)23-17(26)14-8-4-2-5-9-14/h2-12H,1H3,(H3,20,21,22,23,24,25,26). The van der Waals surface area contributed by atoms with Crippen molar-refractivity contribution in [2.24, 2.45) is 4.99 Å². The third kappa shape index (κ3) is 4.64. The number of hydrogen-bond acceptors (Lipinski definition) is 4. The molecule has 0 radical (unpaired) electrons. The Kier molecular flexibility index (Phi) is 5.19. The average molecular weight is 347 g/mol. The Morgan fingerprint density at radius 1 is 1.04 bits per heavy atom. The van der Waals surface area contributed by atoms with Crippen molar-refractivity contribution in [3.8, 4) is 0 Å². The minimum absolute atomic E-state index is 0.0989. The van der Waals surface area contributed by atoms with Crippen molar-refractivity contribution >= 4 is 23.5 Å². The highest BCUT2D eigenvalue weighted by Crippen LogP contribution is 2.08. The molecule has 1 aromatic heterocycles. The number of rotatable bonds is 3. The summed E-state index contributed by atoms with van der Waals surface area (Å²) < 4.78 is 0. The number of H-pyrrole nitrogens is 1. The number of benzene rings is 2. The van der Waals surface area contributed by atoms with E-state index in [1.165, 1.54) is 6.07 Å². The number of aliphatic imine (C=N–C) groups is 1. The fourth-order valence-electron chi connectivity index (χ4n) is 2.24. The van der Waals surface area contributed by atoms with E-state index < -0.39 is 0 Å². The Hall–Kier alpha value is -3.74. The lowest BCUT2D eigenvalue weighted by atomic mass is 10.2. The van der Waals surface area contributed by atoms with Crippen molar-refractivity contribution in [1.82, 2.24) is 15.3 Å². The minimum Gasteiger partial charge on any atom is -0.326 e. The van der Waals surface area contributed by atoms with E-state index in [1.54, 1.807) is 31.2 Å². The molecule has 130 valence electrons. The zero-order valence-corrected chi connectivity index (χ0v) is 14.1. The molecule has 2 aromatic carbocycles. The van der Waals surface area contributed by atoms with Gasteiger partial charge in [0, 0.05) is 23.0 Å². The molecular weight excluding hydrogens is 330 g/mol. The number of nitrogens with zero attached hydrogens (tertiary/aromatic N) is 2. The van der Waals surface area contributed by atoms with Gasteiger partial charge in [-0.05, 0) is 31.2 Å². The van der Waals surface area contributed by atoms with Crippen LogP contribution >= 0.6 is 0 Å². The van der Waals surface area contributed by atoms with Crippen LogP contribution in [0.15, 0.2) is 76.5 Å². The van der Waals surface area contributed by atoms with E-state index in [0.29, 0.717) is 11.3 Å². The van der Waals surface area contributed by atoms with Crippen molar-refractivity contribution < 1.29 is 4.79 Å². The summed E-state index contributed by atoms with van der Waals surface area (Å²) >= 11 is 0. The lowest BCUT2D eigenvalue weighted by Crippen LogP contribution is -2.36. The first-order chi connectivity index (χ1) is 12.6. The summed E-state index contributed by atoms with van der Waals surface area (Å²) in [6, 6.07) is 19.4. The summed E-state index contributed by atoms with van der Waals surface area (Å²) in [7, 11) is 0. The van der Waals surface area contributed by atoms with E-state index in [4.69, 9.17) is 0 Å². The number of amides is 1. The van der Waals surface area contributed by atoms with Crippen molar-refractivity contribution in [1.29, 1.82) is 0 Å². The van der Waals surface area contributed by atoms with Gasteiger partial charge in [-0.2, -0.15) is 4.99 Å². The second kappa shape index (κ2) is 7.89. The highest BCUT2D eigenvalue weighted by molar-refractivity contribution is 6.10. The van der Waals surface area contributed by atoms with Gasteiger partial charge in [-0.1, -0.05) is 36.4 Å². The van der Waals surface area contributed by atoms with Crippen LogP contribution in [0.5, 0.6) is 0 Å². The fraction of sp³-hybridized carbons (Fsp3) is 0.0526. The monoisotopic (exact) mass is 347 g/mol. The molecule has 7 nitrogen and oxygen atoms in total. The molecule has 0 atom stereocenters. The number of guanidine groups is 1. The van der Waals surface area contributed by atoms with E-state index in [0.717, 1.165) is 5.69 Å². The second-order valence-corrected chi connectivity index (χ2v) is 5.48. The highest BCUT2D eigenvalue weighted by Gasteiger charge is 2.10. The molecule has 1 amide bonds. The molecule has 0 bridgehead atoms. The number of anilines is 1. The number of aryl methyl sites for hydroxylation is 1. The van der Waals surface area contributed by atoms with E-state index in [2.05, 4.69) is 25.6 Å². The molecule has 7 heteroatoms. The number of hydrogen-bond donors (Lipinski definition) is 3. The molecule has 0 spiro atoms. The molecule has 26 heavy (non-hydrogen) atoms. The number of carbonyl (C=O) groups is 1. The Balaban J connectivity index is 1.92. The molecule has 0 aliphatic heterocycles. The summed E-state index contributed by atoms with van der Waals surface area (Å²) in [5.74, 6) is -0.0802. The van der Waals surface area contributed by atoms with Crippen LogP contribution in [0.3, 0.4) is 0 Å². The number of aromatic amines is 1. The van der Waals surface area contributed by atoms with Crippen LogP contribution in [0.25, 0.3) is 0 Å². The quantitative estimate of drug-likeness (QED) is 0.501. The van der Waals surface area contributed by atoms with Gasteiger partial charge in [0.2, 0.25) is 11.9 Å². The van der Waals surface area contributed by atoms with E-state index in [1.807, 2.05) is 36.4 Å². The first kappa shape index (κ1) is 17.1. The van der Waals surface area contributed by atoms with Crippen LogP contribution in [0, 0.1) is 6.92 Å². The van der Waals surface area contributed by atoms with Gasteiger partial charge in [0.1, 0.15) is 0 Å². The molecule has 0 aliphatic rings. The van der Waals surface area contributed by atoms with Crippen molar-refractivity contribution in [3.05, 3.63) is 88.3 Å². The van der Waals surface area contributed by atoms with Gasteiger partial charge in [0.25, 0.3) is 11.5 Å². The van der Waals surface area contributed by atoms with Gasteiger partial charge in [-0.3, -0.25) is 19.9 Å². The van der Waals surface area contributed by atoms with Crippen molar-refractivity contribution in [2.45, 2.75) is 6.92 Å². The maximum atomic E-state index is 12.4. The van der Waals surface area contributed by atoms with E-state index in [-0.39, 0.29) is 23.4 Å². The first-order valence-corrected chi connectivity index (χ1v) is 7.95. The number of aromatic nitrogens is 2. The van der Waals surface area contributed by atoms with Crippen LogP contribution in [-0.2, 0) is 0 Å². The third-order valence-electron chi connectivity index (χ3n) is 3.38. The molecule has 0 aliphatic carbocycles. The number of carbonyl (C=O) groups excluding carboxylic acids is 1. The molecule has 3 N–H and O–H groups in total. The summed E-state index contributed by atoms with van der Waals surface area (Å²) in [6.07, 6.45) is 0. The normalized spacial score (nSPS) is 11.0. The molecule has 0 unspecified atom stereocenters. The zero-order valence-electron chi connectivity index (χ0n) is 14.1. The molecule has 0 saturated heterocycles. The van der Waals surface area contributed by atoms with E-state index in [9.17, 15) is 9.59 Å². The fourth-order valence-corrected chi connectivity index (χ4v) is 2.24. The highest BCUT2D eigenvalue weighted by atomic mass is 16.2. The Bertz CT molecular complexity index is 982. The lowest BCUT2D eigenvalue weighted by Gasteiger charge is -2.11. The maximum Gasteiger partial charge on any atom is 0.257 e. The van der Waals surface area contributed by atoms with Crippen LogP contribution < -0.4 is 16.2 Å². The van der Waals surface area contributed by atoms with Gasteiger partial charge < -0.3 is 5.32 Å². The van der Waals surface area contributed by atoms with Crippen LogP contribution in [0.4, 0.5) is 11.6 Å². The summed E-state index contributed by atoms with van der Waals surface area (Å²) in [5, 5.41) is 5.73. The predicted octanol–water partition coefficient (Wildman–Crippen LogP) is 2.61. The zero-order chi connectivity index (χ0) is 18.4. The van der Waals surface area contributed by atoms with Crippen LogP contribution in [0.2, 0.25) is 0 Å². The summed E-state index contributed by atoms with van der Waals surface area (Å²) in [4.78, 5) is 35.0. The summed E-state index contributed by atoms with van der Waals surface area (Å²) in [5.41, 5.74) is 1.43. The Morgan fingerprint density at radius 3 is 2.35 bits per heavy atom. The lowest BCUT2D eigenvalue weighted by molar-refractivity contribution is 0.0977. The number of para-hydroxylation sites is 1.